The number of nitrogens with zero attached hydrogens (tertiary/aromatic N) is 2. The number of anilines is 1. The highest BCUT2D eigenvalue weighted by molar-refractivity contribution is 9.10. The van der Waals surface area contributed by atoms with Gasteiger partial charge >= 0.3 is 0 Å². The molecule has 5 heteroatoms. The van der Waals surface area contributed by atoms with Gasteiger partial charge in [0.2, 0.25) is 5.91 Å². The number of fused-ring (bicyclic) bond motifs is 1. The third kappa shape index (κ3) is 2.35. The van der Waals surface area contributed by atoms with Crippen LogP contribution in [0.15, 0.2) is 34.9 Å². The molecule has 0 aliphatic carbocycles. The van der Waals surface area contributed by atoms with Gasteiger partial charge in [0.25, 0.3) is 0 Å². The lowest BCUT2D eigenvalue weighted by Gasteiger charge is -2.18. The average Bonchev–Trinajstić information content (AvgIpc) is 2.79. The molecule has 1 atom stereocenters. The zero-order chi connectivity index (χ0) is 13.4. The van der Waals surface area contributed by atoms with Crippen LogP contribution in [0.3, 0.4) is 0 Å². The SMILES string of the molecule is O=C1CC(CCl)CN1c1ccnc2ccc(Br)cc12. The first-order valence-corrected chi connectivity index (χ1v) is 7.42. The van der Waals surface area contributed by atoms with Crippen molar-refractivity contribution in [3.05, 3.63) is 34.9 Å². The molecule has 98 valence electrons. The Kier molecular flexibility index (Phi) is 3.46. The summed E-state index contributed by atoms with van der Waals surface area (Å²) >= 11 is 9.33. The molecule has 2 aromatic rings. The molecule has 1 unspecified atom stereocenters. The lowest BCUT2D eigenvalue weighted by Crippen LogP contribution is -2.24. The highest BCUT2D eigenvalue weighted by atomic mass is 79.9. The molecular weight excluding hydrogens is 328 g/mol. The average molecular weight is 340 g/mol. The molecular formula is C14H12BrClN2O. The Hall–Kier alpha value is -1.13. The van der Waals surface area contributed by atoms with Gasteiger partial charge in [0.05, 0.1) is 11.2 Å². The molecule has 19 heavy (non-hydrogen) atoms. The van der Waals surface area contributed by atoms with Crippen LogP contribution < -0.4 is 4.90 Å². The second-order valence-corrected chi connectivity index (χ2v) is 5.94. The van der Waals surface area contributed by atoms with Crippen LogP contribution in [0.4, 0.5) is 5.69 Å². The number of carbonyl (C=O) groups excluding carboxylic acids is 1. The number of hydrogen-bond acceptors (Lipinski definition) is 2. The third-order valence-electron chi connectivity index (χ3n) is 3.39. The molecule has 1 aromatic heterocycles. The molecule has 0 spiro atoms. The normalized spacial score (nSPS) is 19.4. The fraction of sp³-hybridized carbons (Fsp3) is 0.286. The maximum Gasteiger partial charge on any atom is 0.227 e. The van der Waals surface area contributed by atoms with Crippen molar-refractivity contribution in [2.45, 2.75) is 6.42 Å². The highest BCUT2D eigenvalue weighted by Gasteiger charge is 2.30. The van der Waals surface area contributed by atoms with Crippen molar-refractivity contribution in [1.29, 1.82) is 0 Å². The molecule has 3 rings (SSSR count). The van der Waals surface area contributed by atoms with Crippen molar-refractivity contribution in [3.8, 4) is 0 Å². The molecule has 3 nitrogen and oxygen atoms in total. The third-order valence-corrected chi connectivity index (χ3v) is 4.32. The van der Waals surface area contributed by atoms with Gasteiger partial charge in [0.15, 0.2) is 0 Å². The Labute approximate surface area is 124 Å². The maximum absolute atomic E-state index is 12.1. The molecule has 1 saturated heterocycles. The number of carbonyl (C=O) groups is 1. The molecule has 2 heterocycles. The van der Waals surface area contributed by atoms with Crippen molar-refractivity contribution < 1.29 is 4.79 Å². The van der Waals surface area contributed by atoms with Gasteiger partial charge in [-0.1, -0.05) is 15.9 Å². The summed E-state index contributed by atoms with van der Waals surface area (Å²) in [6.07, 6.45) is 2.27. The van der Waals surface area contributed by atoms with E-state index in [0.29, 0.717) is 18.8 Å². The minimum atomic E-state index is 0.137. The van der Waals surface area contributed by atoms with Crippen LogP contribution >= 0.6 is 27.5 Å². The zero-order valence-corrected chi connectivity index (χ0v) is 12.5. The van der Waals surface area contributed by atoms with Crippen LogP contribution in [-0.2, 0) is 4.79 Å². The largest absolute Gasteiger partial charge is 0.311 e. The van der Waals surface area contributed by atoms with Gasteiger partial charge < -0.3 is 4.90 Å². The second-order valence-electron chi connectivity index (χ2n) is 4.72. The molecule has 0 radical (unpaired) electrons. The van der Waals surface area contributed by atoms with Crippen LogP contribution in [0.1, 0.15) is 6.42 Å². The van der Waals surface area contributed by atoms with Gasteiger partial charge in [-0.3, -0.25) is 9.78 Å². The first kappa shape index (κ1) is 12.9. The number of halogens is 2. The Balaban J connectivity index is 2.10. The van der Waals surface area contributed by atoms with E-state index in [2.05, 4.69) is 20.9 Å². The Morgan fingerprint density at radius 2 is 2.26 bits per heavy atom. The number of alkyl halides is 1. The summed E-state index contributed by atoms with van der Waals surface area (Å²) in [5.74, 6) is 0.900. The van der Waals surface area contributed by atoms with E-state index >= 15 is 0 Å². The summed E-state index contributed by atoms with van der Waals surface area (Å²) in [6.45, 7) is 0.688. The Morgan fingerprint density at radius 3 is 3.00 bits per heavy atom. The van der Waals surface area contributed by atoms with Crippen LogP contribution in [0.2, 0.25) is 0 Å². The van der Waals surface area contributed by atoms with Crippen LogP contribution in [0, 0.1) is 5.92 Å². The van der Waals surface area contributed by atoms with E-state index in [0.717, 1.165) is 21.1 Å². The van der Waals surface area contributed by atoms with Crippen molar-refractivity contribution in [2.24, 2.45) is 5.92 Å². The van der Waals surface area contributed by atoms with Gasteiger partial charge in [0, 0.05) is 34.9 Å². The first-order valence-electron chi connectivity index (χ1n) is 6.09. The second kappa shape index (κ2) is 5.10. The number of hydrogen-bond donors (Lipinski definition) is 0. The molecule has 1 aliphatic heterocycles. The smallest absolute Gasteiger partial charge is 0.227 e. The summed E-state index contributed by atoms with van der Waals surface area (Å²) in [4.78, 5) is 18.3. The van der Waals surface area contributed by atoms with Gasteiger partial charge in [-0.25, -0.2) is 0 Å². The molecule has 1 amide bonds. The van der Waals surface area contributed by atoms with E-state index in [1.165, 1.54) is 0 Å². The Morgan fingerprint density at radius 1 is 1.42 bits per heavy atom. The number of pyridine rings is 1. The van der Waals surface area contributed by atoms with Crippen LogP contribution in [-0.4, -0.2) is 23.3 Å². The number of rotatable bonds is 2. The number of amides is 1. The molecule has 0 saturated carbocycles. The molecule has 1 fully saturated rings. The molecule has 0 N–H and O–H groups in total. The summed E-state index contributed by atoms with van der Waals surface area (Å²) in [7, 11) is 0. The maximum atomic E-state index is 12.1. The number of aromatic nitrogens is 1. The lowest BCUT2D eigenvalue weighted by atomic mass is 10.1. The molecule has 0 bridgehead atoms. The van der Waals surface area contributed by atoms with E-state index < -0.39 is 0 Å². The fourth-order valence-electron chi connectivity index (χ4n) is 2.46. The van der Waals surface area contributed by atoms with E-state index in [-0.39, 0.29) is 11.8 Å². The minimum absolute atomic E-state index is 0.137. The highest BCUT2D eigenvalue weighted by Crippen LogP contribution is 2.32. The monoisotopic (exact) mass is 338 g/mol. The minimum Gasteiger partial charge on any atom is -0.311 e. The van der Waals surface area contributed by atoms with E-state index in [1.54, 1.807) is 6.20 Å². The predicted molar refractivity (Wildman–Crippen MR) is 80.6 cm³/mol. The predicted octanol–water partition coefficient (Wildman–Crippen LogP) is 3.59. The van der Waals surface area contributed by atoms with Crippen molar-refractivity contribution in [2.75, 3.05) is 17.3 Å². The van der Waals surface area contributed by atoms with Crippen LogP contribution in [0.5, 0.6) is 0 Å². The van der Waals surface area contributed by atoms with Gasteiger partial charge in [-0.2, -0.15) is 0 Å². The van der Waals surface area contributed by atoms with Gasteiger partial charge in [-0.15, -0.1) is 11.6 Å². The molecule has 1 aromatic carbocycles. The quantitative estimate of drug-likeness (QED) is 0.783. The fourth-order valence-corrected chi connectivity index (χ4v) is 3.02. The standard InChI is InChI=1S/C14H12BrClN2O/c15-10-1-2-12-11(6-10)13(3-4-17-12)18-8-9(7-16)5-14(18)19/h1-4,6,9H,5,7-8H2. The first-order chi connectivity index (χ1) is 9.19. The topological polar surface area (TPSA) is 33.2 Å². The van der Waals surface area contributed by atoms with Crippen molar-refractivity contribution in [1.82, 2.24) is 4.98 Å². The van der Waals surface area contributed by atoms with Crippen LogP contribution in [0.25, 0.3) is 10.9 Å². The van der Waals surface area contributed by atoms with E-state index in [1.807, 2.05) is 29.2 Å². The Bertz CT molecular complexity index is 646. The summed E-state index contributed by atoms with van der Waals surface area (Å²) in [6, 6.07) is 7.79. The van der Waals surface area contributed by atoms with E-state index in [9.17, 15) is 4.79 Å². The van der Waals surface area contributed by atoms with Crippen molar-refractivity contribution in [3.63, 3.8) is 0 Å². The van der Waals surface area contributed by atoms with Crippen molar-refractivity contribution >= 4 is 50.0 Å². The van der Waals surface area contributed by atoms with Gasteiger partial charge in [-0.05, 0) is 30.2 Å². The lowest BCUT2D eigenvalue weighted by molar-refractivity contribution is -0.117. The zero-order valence-electron chi connectivity index (χ0n) is 10.1. The summed E-state index contributed by atoms with van der Waals surface area (Å²) < 4.78 is 0.981. The summed E-state index contributed by atoms with van der Waals surface area (Å²) in [5, 5.41) is 0.987. The summed E-state index contributed by atoms with van der Waals surface area (Å²) in [5.41, 5.74) is 1.81. The van der Waals surface area contributed by atoms with E-state index in [4.69, 9.17) is 11.6 Å². The van der Waals surface area contributed by atoms with Gasteiger partial charge in [0.1, 0.15) is 0 Å². The molecule has 1 aliphatic rings. The number of benzene rings is 1.